The zero-order chi connectivity index (χ0) is 20.8. The Bertz CT molecular complexity index is 1190. The number of hydrogen-bond acceptors (Lipinski definition) is 5. The molecule has 0 saturated carbocycles. The van der Waals surface area contributed by atoms with E-state index in [1.807, 2.05) is 19.1 Å². The number of imide groups is 1. The molecule has 0 saturated heterocycles. The first-order chi connectivity index (χ1) is 14.5. The SMILES string of the molecule is Cc1ccccc1N1C(=O)c2ccc(C(=O)Nc3nc4c(s3)CCCC4)cc2C1=O. The molecule has 6 nitrogen and oxygen atoms in total. The number of carbonyl (C=O) groups is 3. The van der Waals surface area contributed by atoms with Gasteiger partial charge in [0.1, 0.15) is 0 Å². The Labute approximate surface area is 177 Å². The summed E-state index contributed by atoms with van der Waals surface area (Å²) >= 11 is 1.51. The first kappa shape index (κ1) is 18.7. The number of benzene rings is 2. The van der Waals surface area contributed by atoms with E-state index in [1.165, 1.54) is 27.2 Å². The Morgan fingerprint density at radius 1 is 1.03 bits per heavy atom. The van der Waals surface area contributed by atoms with Crippen molar-refractivity contribution in [2.24, 2.45) is 0 Å². The summed E-state index contributed by atoms with van der Waals surface area (Å²) in [7, 11) is 0. The second-order valence-electron chi connectivity index (χ2n) is 7.54. The van der Waals surface area contributed by atoms with Gasteiger partial charge in [-0.1, -0.05) is 18.2 Å². The zero-order valence-electron chi connectivity index (χ0n) is 16.4. The maximum Gasteiger partial charge on any atom is 0.266 e. The van der Waals surface area contributed by atoms with Crippen LogP contribution in [-0.2, 0) is 12.8 Å². The van der Waals surface area contributed by atoms with Crippen molar-refractivity contribution >= 4 is 39.9 Å². The molecule has 2 aromatic carbocycles. The topological polar surface area (TPSA) is 79.4 Å². The Hall–Kier alpha value is -3.32. The van der Waals surface area contributed by atoms with E-state index >= 15 is 0 Å². The molecule has 2 aliphatic rings. The number of amides is 3. The Morgan fingerprint density at radius 3 is 2.60 bits per heavy atom. The van der Waals surface area contributed by atoms with Crippen molar-refractivity contribution in [1.82, 2.24) is 4.98 Å². The van der Waals surface area contributed by atoms with E-state index in [9.17, 15) is 14.4 Å². The second kappa shape index (κ2) is 7.18. The standard InChI is InChI=1S/C23H19N3O3S/c1-13-6-2-4-8-18(13)26-21(28)15-11-10-14(12-16(15)22(26)29)20(27)25-23-24-17-7-3-5-9-19(17)30-23/h2,4,6,8,10-12H,3,5,7,9H2,1H3,(H,24,25,27). The highest BCUT2D eigenvalue weighted by Gasteiger charge is 2.37. The molecular weight excluding hydrogens is 398 g/mol. The maximum absolute atomic E-state index is 13.0. The smallest absolute Gasteiger partial charge is 0.266 e. The molecule has 30 heavy (non-hydrogen) atoms. The minimum absolute atomic E-state index is 0.245. The van der Waals surface area contributed by atoms with Gasteiger partial charge in [0, 0.05) is 10.4 Å². The number of thiazole rings is 1. The predicted molar refractivity (Wildman–Crippen MR) is 115 cm³/mol. The van der Waals surface area contributed by atoms with Crippen LogP contribution in [0.3, 0.4) is 0 Å². The zero-order valence-corrected chi connectivity index (χ0v) is 17.2. The van der Waals surface area contributed by atoms with Gasteiger partial charge in [-0.3, -0.25) is 19.7 Å². The fraction of sp³-hybridized carbons (Fsp3) is 0.217. The van der Waals surface area contributed by atoms with E-state index in [-0.39, 0.29) is 17.4 Å². The summed E-state index contributed by atoms with van der Waals surface area (Å²) in [6.07, 6.45) is 4.24. The van der Waals surface area contributed by atoms with Crippen molar-refractivity contribution in [1.29, 1.82) is 0 Å². The van der Waals surface area contributed by atoms with Crippen LogP contribution in [0.1, 0.15) is 60.1 Å². The number of carbonyl (C=O) groups excluding carboxylic acids is 3. The first-order valence-electron chi connectivity index (χ1n) is 9.91. The molecular formula is C23H19N3O3S. The lowest BCUT2D eigenvalue weighted by Crippen LogP contribution is -2.29. The van der Waals surface area contributed by atoms with Gasteiger partial charge in [-0.15, -0.1) is 11.3 Å². The molecule has 1 aromatic heterocycles. The highest BCUT2D eigenvalue weighted by molar-refractivity contribution is 7.15. The number of aryl methyl sites for hydroxylation is 3. The van der Waals surface area contributed by atoms with Gasteiger partial charge in [0.05, 0.1) is 22.5 Å². The summed E-state index contributed by atoms with van der Waals surface area (Å²) in [4.78, 5) is 45.5. The molecule has 0 unspecified atom stereocenters. The predicted octanol–water partition coefficient (Wildman–Crippen LogP) is 4.38. The van der Waals surface area contributed by atoms with Crippen LogP contribution in [0, 0.1) is 6.92 Å². The number of para-hydroxylation sites is 1. The number of hydrogen-bond donors (Lipinski definition) is 1. The van der Waals surface area contributed by atoms with Crippen LogP contribution in [-0.4, -0.2) is 22.7 Å². The van der Waals surface area contributed by atoms with Gasteiger partial charge in [0.25, 0.3) is 17.7 Å². The van der Waals surface area contributed by atoms with Crippen molar-refractivity contribution in [3.63, 3.8) is 0 Å². The van der Waals surface area contributed by atoms with Gasteiger partial charge in [0.2, 0.25) is 0 Å². The van der Waals surface area contributed by atoms with Crippen LogP contribution in [0.4, 0.5) is 10.8 Å². The highest BCUT2D eigenvalue weighted by atomic mass is 32.1. The van der Waals surface area contributed by atoms with Crippen LogP contribution in [0.5, 0.6) is 0 Å². The van der Waals surface area contributed by atoms with Gasteiger partial charge >= 0.3 is 0 Å². The summed E-state index contributed by atoms with van der Waals surface area (Å²) in [5.74, 6) is -1.12. The molecule has 1 aliphatic carbocycles. The first-order valence-corrected chi connectivity index (χ1v) is 10.7. The average molecular weight is 417 g/mol. The molecule has 0 fully saturated rings. The molecule has 5 rings (SSSR count). The normalized spacial score (nSPS) is 15.2. The Morgan fingerprint density at radius 2 is 1.80 bits per heavy atom. The largest absolute Gasteiger partial charge is 0.298 e. The summed E-state index contributed by atoms with van der Waals surface area (Å²) in [5.41, 5.74) is 3.35. The van der Waals surface area contributed by atoms with Gasteiger partial charge in [0.15, 0.2) is 5.13 Å². The van der Waals surface area contributed by atoms with Gasteiger partial charge < -0.3 is 0 Å². The van der Waals surface area contributed by atoms with Crippen molar-refractivity contribution in [2.75, 3.05) is 10.2 Å². The molecule has 0 radical (unpaired) electrons. The molecule has 7 heteroatoms. The molecule has 150 valence electrons. The quantitative estimate of drug-likeness (QED) is 0.641. The van der Waals surface area contributed by atoms with Gasteiger partial charge in [-0.2, -0.15) is 0 Å². The average Bonchev–Trinajstić information content (AvgIpc) is 3.26. The number of rotatable bonds is 3. The van der Waals surface area contributed by atoms with Gasteiger partial charge in [-0.05, 0) is 62.4 Å². The molecule has 2 heterocycles. The third-order valence-electron chi connectivity index (χ3n) is 5.57. The lowest BCUT2D eigenvalue weighted by Gasteiger charge is -2.16. The second-order valence-corrected chi connectivity index (χ2v) is 8.63. The van der Waals surface area contributed by atoms with E-state index in [1.54, 1.807) is 24.3 Å². The summed E-state index contributed by atoms with van der Waals surface area (Å²) < 4.78 is 0. The summed E-state index contributed by atoms with van der Waals surface area (Å²) in [6, 6.07) is 11.9. The third kappa shape index (κ3) is 3.02. The number of nitrogens with one attached hydrogen (secondary N) is 1. The number of anilines is 2. The fourth-order valence-corrected chi connectivity index (χ4v) is 5.03. The van der Waals surface area contributed by atoms with Crippen molar-refractivity contribution in [2.45, 2.75) is 32.6 Å². The van der Waals surface area contributed by atoms with Crippen molar-refractivity contribution in [3.05, 3.63) is 75.3 Å². The van der Waals surface area contributed by atoms with Crippen LogP contribution >= 0.6 is 11.3 Å². The van der Waals surface area contributed by atoms with Crippen molar-refractivity contribution < 1.29 is 14.4 Å². The van der Waals surface area contributed by atoms with E-state index in [4.69, 9.17) is 0 Å². The van der Waals surface area contributed by atoms with E-state index in [2.05, 4.69) is 10.3 Å². The minimum atomic E-state index is -0.413. The lowest BCUT2D eigenvalue weighted by atomic mass is 10.0. The molecule has 3 amide bonds. The van der Waals surface area contributed by atoms with Crippen molar-refractivity contribution in [3.8, 4) is 0 Å². The summed E-state index contributed by atoms with van der Waals surface area (Å²) in [6.45, 7) is 1.85. The molecule has 0 atom stereocenters. The number of fused-ring (bicyclic) bond motifs is 2. The molecule has 0 spiro atoms. The maximum atomic E-state index is 13.0. The Balaban J connectivity index is 1.42. The molecule has 1 N–H and O–H groups in total. The molecule has 1 aliphatic heterocycles. The van der Waals surface area contributed by atoms with Crippen LogP contribution in [0.25, 0.3) is 0 Å². The van der Waals surface area contributed by atoms with E-state index in [0.717, 1.165) is 36.9 Å². The minimum Gasteiger partial charge on any atom is -0.298 e. The summed E-state index contributed by atoms with van der Waals surface area (Å²) in [5, 5.41) is 3.42. The Kier molecular flexibility index (Phi) is 4.47. The molecule has 3 aromatic rings. The highest BCUT2D eigenvalue weighted by Crippen LogP contribution is 2.32. The number of aromatic nitrogens is 1. The third-order valence-corrected chi connectivity index (χ3v) is 6.64. The lowest BCUT2D eigenvalue weighted by molar-refractivity contribution is 0.0925. The van der Waals surface area contributed by atoms with Crippen LogP contribution < -0.4 is 10.2 Å². The number of nitrogens with zero attached hydrogens (tertiary/aromatic N) is 2. The van der Waals surface area contributed by atoms with Crippen LogP contribution in [0.2, 0.25) is 0 Å². The fourth-order valence-electron chi connectivity index (χ4n) is 3.99. The monoisotopic (exact) mass is 417 g/mol. The van der Waals surface area contributed by atoms with E-state index < -0.39 is 5.91 Å². The van der Waals surface area contributed by atoms with E-state index in [0.29, 0.717) is 21.9 Å². The van der Waals surface area contributed by atoms with Gasteiger partial charge in [-0.25, -0.2) is 9.88 Å². The van der Waals surface area contributed by atoms with Crippen LogP contribution in [0.15, 0.2) is 42.5 Å². The molecule has 0 bridgehead atoms.